The van der Waals surface area contributed by atoms with Crippen LogP contribution in [0.15, 0.2) is 4.99 Å². The molecule has 0 radical (unpaired) electrons. The molecule has 1 spiro atoms. The Kier molecular flexibility index (Phi) is 6.98. The third kappa shape index (κ3) is 4.51. The second-order valence-electron chi connectivity index (χ2n) is 7.62. The normalized spacial score (nSPS) is 28.6. The average molecular weight is 435 g/mol. The summed E-state index contributed by atoms with van der Waals surface area (Å²) in [5.74, 6) is 1.15. The molecule has 2 saturated heterocycles. The maximum absolute atomic E-state index is 4.99. The van der Waals surface area contributed by atoms with Crippen LogP contribution in [0.4, 0.5) is 0 Å². The molecule has 1 N–H and O–H groups in total. The molecule has 6 heteroatoms. The summed E-state index contributed by atoms with van der Waals surface area (Å²) in [6, 6.07) is 0.549. The van der Waals surface area contributed by atoms with E-state index in [1.807, 2.05) is 0 Å². The van der Waals surface area contributed by atoms with Gasteiger partial charge in [-0.15, -0.1) is 24.0 Å². The van der Waals surface area contributed by atoms with Gasteiger partial charge in [0.1, 0.15) is 0 Å². The highest BCUT2D eigenvalue weighted by Gasteiger charge is 2.43. The number of guanidine groups is 1. The molecule has 1 atom stereocenters. The monoisotopic (exact) mass is 435 g/mol. The molecule has 3 aliphatic rings. The van der Waals surface area contributed by atoms with Gasteiger partial charge in [-0.05, 0) is 45.7 Å². The van der Waals surface area contributed by atoms with Crippen molar-refractivity contribution in [2.24, 2.45) is 10.4 Å². The van der Waals surface area contributed by atoms with E-state index in [0.29, 0.717) is 11.5 Å². The Morgan fingerprint density at radius 2 is 1.96 bits per heavy atom. The maximum atomic E-state index is 4.99. The summed E-state index contributed by atoms with van der Waals surface area (Å²) in [5, 5.41) is 3.52. The van der Waals surface area contributed by atoms with Crippen LogP contribution in [0, 0.1) is 5.41 Å². The molecule has 3 rings (SSSR count). The van der Waals surface area contributed by atoms with Crippen LogP contribution in [0.1, 0.15) is 32.6 Å². The summed E-state index contributed by atoms with van der Waals surface area (Å²) in [7, 11) is 4.45. The summed E-state index contributed by atoms with van der Waals surface area (Å²) in [6.07, 6.45) is 5.66. The van der Waals surface area contributed by atoms with Gasteiger partial charge in [0.25, 0.3) is 0 Å². The van der Waals surface area contributed by atoms with Crippen molar-refractivity contribution in [3.8, 4) is 0 Å². The first-order valence-corrected chi connectivity index (χ1v) is 9.04. The van der Waals surface area contributed by atoms with Crippen molar-refractivity contribution in [2.75, 3.05) is 59.9 Å². The molecule has 0 aromatic rings. The second kappa shape index (κ2) is 8.34. The quantitative estimate of drug-likeness (QED) is 0.416. The number of piperazine rings is 1. The fourth-order valence-corrected chi connectivity index (χ4v) is 4.12. The number of nitrogens with one attached hydrogen (secondary N) is 1. The second-order valence-corrected chi connectivity index (χ2v) is 7.62. The standard InChI is InChI=1S/C17H33N5.HI/c1-4-18-16(22-9-8-17(14-22)6-5-7-17)19-12-15-13-20(2)10-11-21(15)3;/h15H,4-14H2,1-3H3,(H,18,19);1H. The van der Waals surface area contributed by atoms with Gasteiger partial charge in [0, 0.05) is 45.3 Å². The molecular weight excluding hydrogens is 401 g/mol. The molecule has 1 aliphatic carbocycles. The van der Waals surface area contributed by atoms with E-state index in [4.69, 9.17) is 4.99 Å². The van der Waals surface area contributed by atoms with Crippen LogP contribution in [0.3, 0.4) is 0 Å². The van der Waals surface area contributed by atoms with Crippen molar-refractivity contribution in [2.45, 2.75) is 38.6 Å². The van der Waals surface area contributed by atoms with Crippen molar-refractivity contribution in [1.82, 2.24) is 20.0 Å². The van der Waals surface area contributed by atoms with Crippen molar-refractivity contribution in [3.63, 3.8) is 0 Å². The lowest BCUT2D eigenvalue weighted by Gasteiger charge is -2.38. The van der Waals surface area contributed by atoms with Gasteiger partial charge >= 0.3 is 0 Å². The minimum absolute atomic E-state index is 0. The van der Waals surface area contributed by atoms with Crippen molar-refractivity contribution in [3.05, 3.63) is 0 Å². The van der Waals surface area contributed by atoms with Crippen LogP contribution < -0.4 is 5.32 Å². The van der Waals surface area contributed by atoms with Crippen molar-refractivity contribution >= 4 is 29.9 Å². The molecule has 1 unspecified atom stereocenters. The maximum Gasteiger partial charge on any atom is 0.193 e. The molecule has 3 fully saturated rings. The summed E-state index contributed by atoms with van der Waals surface area (Å²) in [6.45, 7) is 9.90. The number of hydrogen-bond donors (Lipinski definition) is 1. The summed E-state index contributed by atoms with van der Waals surface area (Å²) in [5.41, 5.74) is 0.637. The molecule has 2 aliphatic heterocycles. The third-order valence-corrected chi connectivity index (χ3v) is 5.92. The first kappa shape index (κ1) is 19.2. The number of nitrogens with zero attached hydrogens (tertiary/aromatic N) is 4. The molecule has 134 valence electrons. The first-order valence-electron chi connectivity index (χ1n) is 9.04. The number of rotatable bonds is 3. The number of aliphatic imine (C=N–C) groups is 1. The van der Waals surface area contributed by atoms with E-state index < -0.39 is 0 Å². The van der Waals surface area contributed by atoms with Crippen LogP contribution in [0.25, 0.3) is 0 Å². The fourth-order valence-electron chi connectivity index (χ4n) is 4.12. The average Bonchev–Trinajstić information content (AvgIpc) is 2.92. The molecule has 0 aromatic heterocycles. The molecular formula is C17H34IN5. The van der Waals surface area contributed by atoms with E-state index in [9.17, 15) is 0 Å². The SMILES string of the molecule is CCNC(=NCC1CN(C)CCN1C)N1CCC2(CCC2)C1.I. The Balaban J connectivity index is 0.00000192. The Hall–Kier alpha value is -0.0800. The van der Waals surface area contributed by atoms with E-state index in [-0.39, 0.29) is 24.0 Å². The van der Waals surface area contributed by atoms with Crippen LogP contribution in [-0.4, -0.2) is 86.6 Å². The van der Waals surface area contributed by atoms with Gasteiger partial charge in [-0.1, -0.05) is 6.42 Å². The predicted octanol–water partition coefficient (Wildman–Crippen LogP) is 1.69. The molecule has 0 aromatic carbocycles. The van der Waals surface area contributed by atoms with Crippen LogP contribution in [0.2, 0.25) is 0 Å². The number of likely N-dealkylation sites (N-methyl/N-ethyl adjacent to an activating group) is 2. The number of halogens is 1. The highest BCUT2D eigenvalue weighted by molar-refractivity contribution is 14.0. The van der Waals surface area contributed by atoms with E-state index in [1.54, 1.807) is 0 Å². The van der Waals surface area contributed by atoms with Gasteiger partial charge < -0.3 is 15.1 Å². The topological polar surface area (TPSA) is 34.1 Å². The van der Waals surface area contributed by atoms with E-state index in [2.05, 4.69) is 41.0 Å². The van der Waals surface area contributed by atoms with Gasteiger partial charge in [0.2, 0.25) is 0 Å². The van der Waals surface area contributed by atoms with Crippen LogP contribution >= 0.6 is 24.0 Å². The molecule has 5 nitrogen and oxygen atoms in total. The van der Waals surface area contributed by atoms with Crippen molar-refractivity contribution < 1.29 is 0 Å². The molecule has 1 saturated carbocycles. The highest BCUT2D eigenvalue weighted by Crippen LogP contribution is 2.47. The Morgan fingerprint density at radius 1 is 1.17 bits per heavy atom. The summed E-state index contributed by atoms with van der Waals surface area (Å²) in [4.78, 5) is 12.4. The zero-order valence-electron chi connectivity index (χ0n) is 15.1. The van der Waals surface area contributed by atoms with Crippen molar-refractivity contribution in [1.29, 1.82) is 0 Å². The van der Waals surface area contributed by atoms with Gasteiger partial charge in [0.15, 0.2) is 5.96 Å². The van der Waals surface area contributed by atoms with Gasteiger partial charge in [0.05, 0.1) is 6.54 Å². The van der Waals surface area contributed by atoms with E-state index in [1.165, 1.54) is 45.3 Å². The Morgan fingerprint density at radius 3 is 2.57 bits per heavy atom. The lowest BCUT2D eigenvalue weighted by molar-refractivity contribution is 0.119. The Bertz CT molecular complexity index is 410. The van der Waals surface area contributed by atoms with E-state index in [0.717, 1.165) is 32.1 Å². The smallest absolute Gasteiger partial charge is 0.193 e. The van der Waals surface area contributed by atoms with E-state index >= 15 is 0 Å². The lowest BCUT2D eigenvalue weighted by Crippen LogP contribution is -2.52. The lowest BCUT2D eigenvalue weighted by atomic mass is 9.68. The van der Waals surface area contributed by atoms with Gasteiger partial charge in [-0.25, -0.2) is 0 Å². The van der Waals surface area contributed by atoms with Crippen LogP contribution in [0.5, 0.6) is 0 Å². The largest absolute Gasteiger partial charge is 0.357 e. The number of likely N-dealkylation sites (tertiary alicyclic amines) is 1. The first-order chi connectivity index (χ1) is 10.6. The molecule has 2 heterocycles. The Labute approximate surface area is 158 Å². The third-order valence-electron chi connectivity index (χ3n) is 5.92. The molecule has 0 bridgehead atoms. The minimum atomic E-state index is 0. The molecule has 23 heavy (non-hydrogen) atoms. The highest BCUT2D eigenvalue weighted by atomic mass is 127. The minimum Gasteiger partial charge on any atom is -0.357 e. The van der Waals surface area contributed by atoms with Gasteiger partial charge in [-0.3, -0.25) is 9.89 Å². The summed E-state index contributed by atoms with van der Waals surface area (Å²) < 4.78 is 0. The van der Waals surface area contributed by atoms with Gasteiger partial charge in [-0.2, -0.15) is 0 Å². The summed E-state index contributed by atoms with van der Waals surface area (Å²) >= 11 is 0. The van der Waals surface area contributed by atoms with Crippen LogP contribution in [-0.2, 0) is 0 Å². The number of hydrogen-bond acceptors (Lipinski definition) is 3. The predicted molar refractivity (Wildman–Crippen MR) is 108 cm³/mol. The fraction of sp³-hybridized carbons (Fsp3) is 0.941. The zero-order valence-corrected chi connectivity index (χ0v) is 17.4. The zero-order chi connectivity index (χ0) is 15.6. The molecule has 0 amide bonds.